The Hall–Kier alpha value is -2.50. The minimum atomic E-state index is -0.941. The van der Waals surface area contributed by atoms with Crippen molar-refractivity contribution >= 4 is 33.7 Å². The molecule has 0 radical (unpaired) electrons. The number of aliphatic hydroxyl groups excluding tert-OH is 4. The van der Waals surface area contributed by atoms with Crippen molar-refractivity contribution in [1.29, 1.82) is 0 Å². The molecular formula is C22H18O4. The van der Waals surface area contributed by atoms with Crippen LogP contribution in [-0.4, -0.2) is 32.6 Å². The average Bonchev–Trinajstić information content (AvgIpc) is 2.66. The summed E-state index contributed by atoms with van der Waals surface area (Å²) in [5, 5.41) is 44.5. The Morgan fingerprint density at radius 1 is 0.577 bits per heavy atom. The maximum absolute atomic E-state index is 10.3. The average molecular weight is 346 g/mol. The molecule has 5 rings (SSSR count). The van der Waals surface area contributed by atoms with Crippen LogP contribution in [-0.2, 0) is 0 Å². The third-order valence-corrected chi connectivity index (χ3v) is 5.54. The van der Waals surface area contributed by atoms with Crippen LogP contribution in [0, 0.1) is 0 Å². The molecular weight excluding hydrogens is 328 g/mol. The second-order valence-electron chi connectivity index (χ2n) is 6.98. The van der Waals surface area contributed by atoms with Gasteiger partial charge < -0.3 is 20.4 Å². The summed E-state index contributed by atoms with van der Waals surface area (Å²) in [6.07, 6.45) is 3.27. The van der Waals surface area contributed by atoms with Gasteiger partial charge in [-0.3, -0.25) is 0 Å². The van der Waals surface area contributed by atoms with Gasteiger partial charge in [-0.2, -0.15) is 0 Å². The normalized spacial score (nSPS) is 26.9. The van der Waals surface area contributed by atoms with Gasteiger partial charge in [0.1, 0.15) is 24.4 Å². The third-order valence-electron chi connectivity index (χ3n) is 5.54. The summed E-state index contributed by atoms with van der Waals surface area (Å²) in [6, 6.07) is 11.7. The largest absolute Gasteiger partial charge is 0.386 e. The highest BCUT2D eigenvalue weighted by Crippen LogP contribution is 2.40. The number of benzene rings is 3. The molecule has 0 aliphatic heterocycles. The Morgan fingerprint density at radius 2 is 1.12 bits per heavy atom. The summed E-state index contributed by atoms with van der Waals surface area (Å²) in [5.41, 5.74) is 3.23. The van der Waals surface area contributed by atoms with Crippen molar-refractivity contribution in [2.75, 3.05) is 0 Å². The molecule has 26 heavy (non-hydrogen) atoms. The van der Waals surface area contributed by atoms with E-state index >= 15 is 0 Å². The summed E-state index contributed by atoms with van der Waals surface area (Å²) in [7, 11) is 0. The lowest BCUT2D eigenvalue weighted by atomic mass is 9.84. The molecule has 3 aromatic carbocycles. The Bertz CT molecular complexity index is 1110. The summed E-state index contributed by atoms with van der Waals surface area (Å²) in [5.74, 6) is 0. The molecule has 4 nitrogen and oxygen atoms in total. The van der Waals surface area contributed by atoms with Crippen LogP contribution >= 0.6 is 0 Å². The van der Waals surface area contributed by atoms with Gasteiger partial charge >= 0.3 is 0 Å². The lowest BCUT2D eigenvalue weighted by Gasteiger charge is -2.25. The molecule has 0 unspecified atom stereocenters. The van der Waals surface area contributed by atoms with Gasteiger partial charge in [0.2, 0.25) is 0 Å². The zero-order valence-corrected chi connectivity index (χ0v) is 13.9. The van der Waals surface area contributed by atoms with Crippen molar-refractivity contribution in [3.8, 4) is 0 Å². The fourth-order valence-corrected chi connectivity index (χ4v) is 4.17. The van der Waals surface area contributed by atoms with Gasteiger partial charge in [-0.1, -0.05) is 60.7 Å². The standard InChI is InChI=1S/C22H18O4/c23-18-9-7-13-12-3-1-11-2-4-17-15(8-10-19(24)22(17)26)20(11)14(12)5-6-16(13)21(18)25/h1-10,18-19,21-26H/t18-,19-,21-,22-/m0/s1. The van der Waals surface area contributed by atoms with Crippen molar-refractivity contribution in [3.05, 3.63) is 70.8 Å². The first-order valence-corrected chi connectivity index (χ1v) is 8.67. The molecule has 4 N–H and O–H groups in total. The number of fused-ring (bicyclic) bond motifs is 7. The van der Waals surface area contributed by atoms with Crippen LogP contribution in [0.15, 0.2) is 48.6 Å². The zero-order valence-electron chi connectivity index (χ0n) is 13.9. The van der Waals surface area contributed by atoms with E-state index in [-0.39, 0.29) is 0 Å². The van der Waals surface area contributed by atoms with Crippen molar-refractivity contribution in [2.45, 2.75) is 24.4 Å². The van der Waals surface area contributed by atoms with Crippen LogP contribution < -0.4 is 0 Å². The lowest BCUT2D eigenvalue weighted by molar-refractivity contribution is 0.0471. The fourth-order valence-electron chi connectivity index (χ4n) is 4.17. The molecule has 3 aromatic rings. The molecule has 0 spiro atoms. The van der Waals surface area contributed by atoms with Crippen LogP contribution in [0.4, 0.5) is 0 Å². The van der Waals surface area contributed by atoms with E-state index in [4.69, 9.17) is 0 Å². The van der Waals surface area contributed by atoms with Gasteiger partial charge in [0.05, 0.1) is 0 Å². The number of rotatable bonds is 0. The number of hydrogen-bond acceptors (Lipinski definition) is 4. The molecule has 4 heteroatoms. The van der Waals surface area contributed by atoms with Crippen molar-refractivity contribution < 1.29 is 20.4 Å². The molecule has 0 saturated carbocycles. The molecule has 130 valence electrons. The predicted molar refractivity (Wildman–Crippen MR) is 101 cm³/mol. The maximum Gasteiger partial charge on any atom is 0.109 e. The SMILES string of the molecule is O[C@H]1C=Cc2c(ccc3c2ccc2ccc4c(c23)C=C[C@H](O)[C@H]4O)[C@@H]1O. The Kier molecular flexibility index (Phi) is 3.33. The van der Waals surface area contributed by atoms with Crippen molar-refractivity contribution in [1.82, 2.24) is 0 Å². The summed E-state index contributed by atoms with van der Waals surface area (Å²) >= 11 is 0. The fraction of sp³-hybridized carbons (Fsp3) is 0.182. The van der Waals surface area contributed by atoms with Crippen LogP contribution in [0.25, 0.3) is 33.7 Å². The van der Waals surface area contributed by atoms with E-state index in [1.165, 1.54) is 0 Å². The van der Waals surface area contributed by atoms with Crippen molar-refractivity contribution in [3.63, 3.8) is 0 Å². The monoisotopic (exact) mass is 346 g/mol. The van der Waals surface area contributed by atoms with E-state index in [1.807, 2.05) is 48.6 Å². The Balaban J connectivity index is 1.88. The minimum Gasteiger partial charge on any atom is -0.386 e. The highest BCUT2D eigenvalue weighted by Gasteiger charge is 2.26. The van der Waals surface area contributed by atoms with Gasteiger partial charge in [-0.25, -0.2) is 0 Å². The van der Waals surface area contributed by atoms with Gasteiger partial charge in [0.25, 0.3) is 0 Å². The molecule has 0 bridgehead atoms. The highest BCUT2D eigenvalue weighted by atomic mass is 16.3. The smallest absolute Gasteiger partial charge is 0.109 e. The summed E-state index contributed by atoms with van der Waals surface area (Å²) in [6.45, 7) is 0. The third kappa shape index (κ3) is 2.04. The molecule has 4 atom stereocenters. The first kappa shape index (κ1) is 15.7. The molecule has 0 amide bonds. The summed E-state index contributed by atoms with van der Waals surface area (Å²) < 4.78 is 0. The van der Waals surface area contributed by atoms with E-state index in [1.54, 1.807) is 12.2 Å². The molecule has 0 saturated heterocycles. The minimum absolute atomic E-state index is 0.711. The van der Waals surface area contributed by atoms with Crippen molar-refractivity contribution in [2.24, 2.45) is 0 Å². The maximum atomic E-state index is 10.3. The topological polar surface area (TPSA) is 80.9 Å². The molecule has 2 aliphatic carbocycles. The summed E-state index contributed by atoms with van der Waals surface area (Å²) in [4.78, 5) is 0. The second kappa shape index (κ2) is 5.50. The van der Waals surface area contributed by atoms with E-state index in [9.17, 15) is 20.4 Å². The Morgan fingerprint density at radius 3 is 1.85 bits per heavy atom. The zero-order chi connectivity index (χ0) is 18.0. The first-order valence-electron chi connectivity index (χ1n) is 8.67. The van der Waals surface area contributed by atoms with Gasteiger partial charge in [-0.15, -0.1) is 0 Å². The lowest BCUT2D eigenvalue weighted by Crippen LogP contribution is -2.20. The second-order valence-corrected chi connectivity index (χ2v) is 6.98. The predicted octanol–water partition coefficient (Wildman–Crippen LogP) is 2.84. The van der Waals surface area contributed by atoms with E-state index < -0.39 is 24.4 Å². The van der Waals surface area contributed by atoms with Crippen LogP contribution in [0.1, 0.15) is 34.5 Å². The molecule has 0 fully saturated rings. The Labute approximate surface area is 150 Å². The van der Waals surface area contributed by atoms with Gasteiger partial charge in [-0.05, 0) is 43.8 Å². The highest BCUT2D eigenvalue weighted by molar-refractivity contribution is 6.14. The first-order chi connectivity index (χ1) is 12.6. The van der Waals surface area contributed by atoms with Crippen LogP contribution in [0.3, 0.4) is 0 Å². The van der Waals surface area contributed by atoms with E-state index in [0.717, 1.165) is 32.7 Å². The molecule has 0 heterocycles. The van der Waals surface area contributed by atoms with Gasteiger partial charge in [0.15, 0.2) is 0 Å². The van der Waals surface area contributed by atoms with Crippen LogP contribution in [0.5, 0.6) is 0 Å². The van der Waals surface area contributed by atoms with E-state index in [2.05, 4.69) is 0 Å². The van der Waals surface area contributed by atoms with E-state index in [0.29, 0.717) is 11.1 Å². The molecule has 2 aliphatic rings. The molecule has 0 aromatic heterocycles. The van der Waals surface area contributed by atoms with Crippen LogP contribution in [0.2, 0.25) is 0 Å². The number of hydrogen-bond donors (Lipinski definition) is 4. The quantitative estimate of drug-likeness (QED) is 0.472. The van der Waals surface area contributed by atoms with Gasteiger partial charge in [0, 0.05) is 0 Å². The number of aliphatic hydroxyl groups is 4.